The summed E-state index contributed by atoms with van der Waals surface area (Å²) in [6, 6.07) is 0. The van der Waals surface area contributed by atoms with Crippen molar-refractivity contribution in [1.29, 1.82) is 0 Å². The highest BCUT2D eigenvalue weighted by atomic mass is 15.2. The molecule has 4 heteroatoms. The van der Waals surface area contributed by atoms with Crippen molar-refractivity contribution in [3.63, 3.8) is 0 Å². The number of aryl methyl sites for hydroxylation is 2. The van der Waals surface area contributed by atoms with E-state index in [0.717, 1.165) is 31.8 Å². The number of hydrogen-bond acceptors (Lipinski definition) is 4. The third kappa shape index (κ3) is 3.40. The smallest absolute Gasteiger partial charge is 0.225 e. The van der Waals surface area contributed by atoms with E-state index < -0.39 is 0 Å². The molecule has 17 heavy (non-hydrogen) atoms. The van der Waals surface area contributed by atoms with E-state index in [1.54, 1.807) is 0 Å². The molecule has 0 aromatic carbocycles. The molecule has 0 unspecified atom stereocenters. The predicted molar refractivity (Wildman–Crippen MR) is 72.7 cm³/mol. The summed E-state index contributed by atoms with van der Waals surface area (Å²) in [5, 5.41) is 3.19. The van der Waals surface area contributed by atoms with Gasteiger partial charge in [-0.15, -0.1) is 0 Å². The molecule has 1 N–H and O–H groups in total. The first kappa shape index (κ1) is 13.9. The van der Waals surface area contributed by atoms with Crippen LogP contribution in [0.15, 0.2) is 0 Å². The molecule has 0 aliphatic heterocycles. The fourth-order valence-corrected chi connectivity index (χ4v) is 1.89. The maximum atomic E-state index is 4.64. The van der Waals surface area contributed by atoms with E-state index >= 15 is 0 Å². The van der Waals surface area contributed by atoms with Gasteiger partial charge in [0.05, 0.1) is 0 Å². The number of anilines is 1. The molecule has 4 nitrogen and oxygen atoms in total. The predicted octanol–water partition coefficient (Wildman–Crippen LogP) is 1.43. The van der Waals surface area contributed by atoms with Crippen LogP contribution in [-0.2, 0) is 19.3 Å². The molecule has 96 valence electrons. The Kier molecular flexibility index (Phi) is 5.35. The van der Waals surface area contributed by atoms with Crippen LogP contribution in [0.2, 0.25) is 0 Å². The van der Waals surface area contributed by atoms with Gasteiger partial charge in [0.1, 0.15) is 0 Å². The molecular formula is C13H24N4. The maximum Gasteiger partial charge on any atom is 0.225 e. The van der Waals surface area contributed by atoms with Crippen molar-refractivity contribution in [3.05, 3.63) is 17.0 Å². The molecule has 0 spiro atoms. The first-order chi connectivity index (χ1) is 8.13. The Morgan fingerprint density at radius 2 is 1.59 bits per heavy atom. The minimum Gasteiger partial charge on any atom is -0.347 e. The van der Waals surface area contributed by atoms with E-state index in [2.05, 4.69) is 29.1 Å². The highest BCUT2D eigenvalue weighted by Gasteiger charge is 2.12. The van der Waals surface area contributed by atoms with Crippen LogP contribution < -0.4 is 10.2 Å². The summed E-state index contributed by atoms with van der Waals surface area (Å²) in [4.78, 5) is 11.3. The summed E-state index contributed by atoms with van der Waals surface area (Å²) in [7, 11) is 5.95. The fourth-order valence-electron chi connectivity index (χ4n) is 1.89. The van der Waals surface area contributed by atoms with Crippen molar-refractivity contribution in [2.75, 3.05) is 32.6 Å². The van der Waals surface area contributed by atoms with Gasteiger partial charge in [-0.3, -0.25) is 0 Å². The number of hydrogen-bond donors (Lipinski definition) is 1. The van der Waals surface area contributed by atoms with E-state index in [0.29, 0.717) is 0 Å². The van der Waals surface area contributed by atoms with Crippen LogP contribution in [0.25, 0.3) is 0 Å². The molecule has 1 heterocycles. The van der Waals surface area contributed by atoms with Crippen molar-refractivity contribution in [1.82, 2.24) is 15.3 Å². The maximum absolute atomic E-state index is 4.64. The zero-order valence-electron chi connectivity index (χ0n) is 11.7. The lowest BCUT2D eigenvalue weighted by atomic mass is 10.0. The summed E-state index contributed by atoms with van der Waals surface area (Å²) >= 11 is 0. The first-order valence-electron chi connectivity index (χ1n) is 6.34. The van der Waals surface area contributed by atoms with Crippen LogP contribution in [0.5, 0.6) is 0 Å². The Labute approximate surface area is 104 Å². The molecule has 0 fully saturated rings. The van der Waals surface area contributed by atoms with E-state index in [1.165, 1.54) is 17.0 Å². The quantitative estimate of drug-likeness (QED) is 0.811. The Morgan fingerprint density at radius 3 is 1.94 bits per heavy atom. The molecule has 0 aliphatic carbocycles. The van der Waals surface area contributed by atoms with Crippen LogP contribution >= 0.6 is 0 Å². The standard InChI is InChI=1S/C13H24N4/c1-6-11-10(8-9-14-3)12(7-2)16-13(15-11)17(4)5/h14H,6-9H2,1-5H3. The number of rotatable bonds is 6. The zero-order chi connectivity index (χ0) is 12.8. The summed E-state index contributed by atoms with van der Waals surface area (Å²) in [5.41, 5.74) is 3.71. The van der Waals surface area contributed by atoms with Gasteiger partial charge in [0.25, 0.3) is 0 Å². The SMILES string of the molecule is CCc1nc(N(C)C)nc(CC)c1CCNC. The molecule has 0 atom stereocenters. The topological polar surface area (TPSA) is 41.1 Å². The molecule has 0 bridgehead atoms. The second-order valence-corrected chi connectivity index (χ2v) is 4.35. The van der Waals surface area contributed by atoms with Crippen molar-refractivity contribution < 1.29 is 0 Å². The van der Waals surface area contributed by atoms with Crippen LogP contribution in [0, 0.1) is 0 Å². The van der Waals surface area contributed by atoms with Gasteiger partial charge in [-0.2, -0.15) is 0 Å². The highest BCUT2D eigenvalue weighted by molar-refractivity contribution is 5.36. The van der Waals surface area contributed by atoms with Gasteiger partial charge in [0.15, 0.2) is 0 Å². The second kappa shape index (κ2) is 6.55. The molecule has 1 aromatic heterocycles. The Bertz CT molecular complexity index is 335. The lowest BCUT2D eigenvalue weighted by Gasteiger charge is -2.17. The number of nitrogens with zero attached hydrogens (tertiary/aromatic N) is 3. The van der Waals surface area contributed by atoms with Gasteiger partial charge in [-0.05, 0) is 38.4 Å². The molecule has 1 rings (SSSR count). The van der Waals surface area contributed by atoms with Gasteiger partial charge >= 0.3 is 0 Å². The minimum atomic E-state index is 0.826. The van der Waals surface area contributed by atoms with Crippen LogP contribution in [-0.4, -0.2) is 37.7 Å². The van der Waals surface area contributed by atoms with E-state index in [9.17, 15) is 0 Å². The Balaban J connectivity index is 3.16. The van der Waals surface area contributed by atoms with E-state index in [-0.39, 0.29) is 0 Å². The van der Waals surface area contributed by atoms with Crippen molar-refractivity contribution in [2.45, 2.75) is 33.1 Å². The Morgan fingerprint density at radius 1 is 1.06 bits per heavy atom. The molecule has 0 saturated heterocycles. The number of nitrogens with one attached hydrogen (secondary N) is 1. The molecule has 0 amide bonds. The highest BCUT2D eigenvalue weighted by Crippen LogP contribution is 2.17. The van der Waals surface area contributed by atoms with Crippen molar-refractivity contribution in [3.8, 4) is 0 Å². The summed E-state index contributed by atoms with van der Waals surface area (Å²) in [6.07, 6.45) is 2.95. The number of aromatic nitrogens is 2. The lowest BCUT2D eigenvalue weighted by molar-refractivity contribution is 0.756. The van der Waals surface area contributed by atoms with Gasteiger partial charge < -0.3 is 10.2 Å². The monoisotopic (exact) mass is 236 g/mol. The van der Waals surface area contributed by atoms with Gasteiger partial charge in [-0.1, -0.05) is 13.8 Å². The molecule has 0 saturated carbocycles. The zero-order valence-corrected chi connectivity index (χ0v) is 11.7. The number of likely N-dealkylation sites (N-methyl/N-ethyl adjacent to an activating group) is 1. The third-order valence-corrected chi connectivity index (χ3v) is 2.86. The summed E-state index contributed by atoms with van der Waals surface area (Å²) < 4.78 is 0. The molecule has 0 aliphatic rings. The van der Waals surface area contributed by atoms with Gasteiger partial charge in [-0.25, -0.2) is 9.97 Å². The lowest BCUT2D eigenvalue weighted by Crippen LogP contribution is -2.19. The van der Waals surface area contributed by atoms with Crippen LogP contribution in [0.1, 0.15) is 30.8 Å². The minimum absolute atomic E-state index is 0.826. The van der Waals surface area contributed by atoms with Crippen molar-refractivity contribution >= 4 is 5.95 Å². The normalized spacial score (nSPS) is 10.6. The summed E-state index contributed by atoms with van der Waals surface area (Å²) in [6.45, 7) is 5.29. The molecule has 0 radical (unpaired) electrons. The second-order valence-electron chi connectivity index (χ2n) is 4.35. The summed E-state index contributed by atoms with van der Waals surface area (Å²) in [5.74, 6) is 0.826. The van der Waals surface area contributed by atoms with Crippen molar-refractivity contribution in [2.24, 2.45) is 0 Å². The third-order valence-electron chi connectivity index (χ3n) is 2.86. The Hall–Kier alpha value is -1.16. The molecule has 1 aromatic rings. The average molecular weight is 236 g/mol. The first-order valence-corrected chi connectivity index (χ1v) is 6.34. The average Bonchev–Trinajstić information content (AvgIpc) is 2.34. The van der Waals surface area contributed by atoms with Crippen LogP contribution in [0.3, 0.4) is 0 Å². The largest absolute Gasteiger partial charge is 0.347 e. The molecular weight excluding hydrogens is 212 g/mol. The van der Waals surface area contributed by atoms with Gasteiger partial charge in [0.2, 0.25) is 5.95 Å². The van der Waals surface area contributed by atoms with Gasteiger partial charge in [0, 0.05) is 25.5 Å². The van der Waals surface area contributed by atoms with E-state index in [1.807, 2.05) is 26.0 Å². The van der Waals surface area contributed by atoms with E-state index in [4.69, 9.17) is 0 Å². The fraction of sp³-hybridized carbons (Fsp3) is 0.692. The van der Waals surface area contributed by atoms with Crippen LogP contribution in [0.4, 0.5) is 5.95 Å².